The van der Waals surface area contributed by atoms with Gasteiger partial charge < -0.3 is 4.42 Å². The lowest BCUT2D eigenvalue weighted by molar-refractivity contribution is 0.0953. The molecule has 7 heteroatoms. The highest BCUT2D eigenvalue weighted by molar-refractivity contribution is 7.90. The Hall–Kier alpha value is -2.15. The number of aromatic nitrogens is 1. The van der Waals surface area contributed by atoms with Gasteiger partial charge in [-0.15, -0.1) is 0 Å². The molecule has 2 heterocycles. The van der Waals surface area contributed by atoms with Gasteiger partial charge in [-0.1, -0.05) is 6.92 Å². The van der Waals surface area contributed by atoms with Gasteiger partial charge in [-0.25, -0.2) is 13.1 Å². The number of aryl methyl sites for hydroxylation is 1. The molecule has 0 atom stereocenters. The van der Waals surface area contributed by atoms with Crippen molar-refractivity contribution in [1.29, 1.82) is 0 Å². The maximum Gasteiger partial charge on any atom is 0.300 e. The summed E-state index contributed by atoms with van der Waals surface area (Å²) in [5.74, 6) is -0.225. The lowest BCUT2D eigenvalue weighted by Crippen LogP contribution is -2.30. The van der Waals surface area contributed by atoms with Crippen LogP contribution in [0, 0.1) is 0 Å². The smallest absolute Gasteiger partial charge is 0.300 e. The number of hydrogen-bond donors (Lipinski definition) is 1. The predicted molar refractivity (Wildman–Crippen MR) is 67.0 cm³/mol. The summed E-state index contributed by atoms with van der Waals surface area (Å²) >= 11 is 0. The van der Waals surface area contributed by atoms with Gasteiger partial charge in [-0.2, -0.15) is 0 Å². The van der Waals surface area contributed by atoms with E-state index in [1.807, 2.05) is 11.6 Å². The van der Waals surface area contributed by atoms with Crippen LogP contribution in [0.25, 0.3) is 0 Å². The summed E-state index contributed by atoms with van der Waals surface area (Å²) in [6.45, 7) is 1.87. The minimum atomic E-state index is -3.93. The third-order valence-electron chi connectivity index (χ3n) is 2.41. The Bertz CT molecular complexity index is 677. The van der Waals surface area contributed by atoms with E-state index in [1.54, 1.807) is 6.07 Å². The Balaban J connectivity index is 2.19. The highest BCUT2D eigenvalue weighted by atomic mass is 32.2. The van der Waals surface area contributed by atoms with Crippen LogP contribution in [0.2, 0.25) is 0 Å². The molecule has 2 aromatic heterocycles. The van der Waals surface area contributed by atoms with E-state index >= 15 is 0 Å². The van der Waals surface area contributed by atoms with E-state index in [0.29, 0.717) is 12.2 Å². The van der Waals surface area contributed by atoms with Crippen molar-refractivity contribution in [3.05, 3.63) is 48.2 Å². The molecule has 0 aromatic carbocycles. The van der Waals surface area contributed by atoms with Crippen LogP contribution >= 0.6 is 0 Å². The number of nitrogens with zero attached hydrogens (tertiary/aromatic N) is 1. The fourth-order valence-electron chi connectivity index (χ4n) is 1.43. The number of amides is 1. The molecule has 0 radical (unpaired) electrons. The van der Waals surface area contributed by atoms with Crippen LogP contribution in [0.3, 0.4) is 0 Å². The third kappa shape index (κ3) is 3.00. The normalized spacial score (nSPS) is 11.2. The van der Waals surface area contributed by atoms with Gasteiger partial charge in [0.2, 0.25) is 0 Å². The lowest BCUT2D eigenvalue weighted by atomic mass is 10.3. The van der Waals surface area contributed by atoms with Crippen molar-refractivity contribution < 1.29 is 17.6 Å². The first kappa shape index (κ1) is 13.3. The number of nitrogens with one attached hydrogen (secondary N) is 1. The van der Waals surface area contributed by atoms with Gasteiger partial charge in [-0.3, -0.25) is 9.78 Å². The van der Waals surface area contributed by atoms with Crippen LogP contribution in [-0.4, -0.2) is 19.3 Å². The Morgan fingerprint density at radius 1 is 1.37 bits per heavy atom. The molecular weight excluding hydrogens is 268 g/mol. The van der Waals surface area contributed by atoms with Gasteiger partial charge in [0.15, 0.2) is 5.76 Å². The van der Waals surface area contributed by atoms with E-state index in [1.165, 1.54) is 24.4 Å². The monoisotopic (exact) mass is 280 g/mol. The van der Waals surface area contributed by atoms with Gasteiger partial charge in [-0.05, 0) is 24.3 Å². The van der Waals surface area contributed by atoms with Gasteiger partial charge in [0.05, 0.1) is 0 Å². The summed E-state index contributed by atoms with van der Waals surface area (Å²) in [5, 5.41) is 0. The highest BCUT2D eigenvalue weighted by Gasteiger charge is 2.20. The number of carbonyl (C=O) groups is 1. The van der Waals surface area contributed by atoms with Crippen molar-refractivity contribution in [3.63, 3.8) is 0 Å². The molecule has 0 saturated heterocycles. The Labute approximate surface area is 110 Å². The first-order valence-corrected chi connectivity index (χ1v) is 7.07. The van der Waals surface area contributed by atoms with Crippen LogP contribution in [0.4, 0.5) is 0 Å². The van der Waals surface area contributed by atoms with Crippen molar-refractivity contribution in [2.45, 2.75) is 18.2 Å². The van der Waals surface area contributed by atoms with Gasteiger partial charge in [0.25, 0.3) is 10.0 Å². The minimum absolute atomic E-state index is 0.0377. The summed E-state index contributed by atoms with van der Waals surface area (Å²) in [7, 11) is -3.93. The molecule has 0 aliphatic rings. The molecule has 1 amide bonds. The molecule has 0 spiro atoms. The first-order chi connectivity index (χ1) is 9.03. The topological polar surface area (TPSA) is 89.3 Å². The van der Waals surface area contributed by atoms with Crippen molar-refractivity contribution in [1.82, 2.24) is 9.71 Å². The average molecular weight is 280 g/mol. The van der Waals surface area contributed by atoms with Gasteiger partial charge in [0, 0.05) is 18.8 Å². The molecule has 1 N–H and O–H groups in total. The Morgan fingerprint density at radius 3 is 2.74 bits per heavy atom. The zero-order valence-corrected chi connectivity index (χ0v) is 11.0. The van der Waals surface area contributed by atoms with E-state index in [0.717, 1.165) is 6.20 Å². The van der Waals surface area contributed by atoms with Crippen molar-refractivity contribution >= 4 is 15.9 Å². The number of rotatable bonds is 4. The third-order valence-corrected chi connectivity index (χ3v) is 3.72. The van der Waals surface area contributed by atoms with E-state index in [9.17, 15) is 13.2 Å². The largest absolute Gasteiger partial charge is 0.456 e. The molecule has 0 bridgehead atoms. The second-order valence-corrected chi connectivity index (χ2v) is 5.43. The summed E-state index contributed by atoms with van der Waals surface area (Å²) in [6, 6.07) is 5.89. The average Bonchev–Trinajstić information content (AvgIpc) is 2.88. The van der Waals surface area contributed by atoms with Crippen molar-refractivity contribution in [3.8, 4) is 0 Å². The Kier molecular flexibility index (Phi) is 3.66. The van der Waals surface area contributed by atoms with Crippen LogP contribution in [-0.2, 0) is 16.4 Å². The lowest BCUT2D eigenvalue weighted by Gasteiger charge is -2.04. The van der Waals surface area contributed by atoms with Crippen LogP contribution in [0.1, 0.15) is 23.2 Å². The minimum Gasteiger partial charge on any atom is -0.456 e. The molecule has 0 saturated carbocycles. The maximum absolute atomic E-state index is 11.9. The second-order valence-electron chi connectivity index (χ2n) is 3.74. The number of pyridine rings is 1. The Morgan fingerprint density at radius 2 is 2.16 bits per heavy atom. The summed E-state index contributed by atoms with van der Waals surface area (Å²) in [4.78, 5) is 15.4. The maximum atomic E-state index is 11.9. The molecule has 0 unspecified atom stereocenters. The molecule has 100 valence electrons. The molecule has 0 fully saturated rings. The quantitative estimate of drug-likeness (QED) is 0.913. The second kappa shape index (κ2) is 5.23. The van der Waals surface area contributed by atoms with Crippen LogP contribution < -0.4 is 4.72 Å². The molecule has 2 rings (SSSR count). The number of hydrogen-bond acceptors (Lipinski definition) is 5. The molecule has 19 heavy (non-hydrogen) atoms. The molecule has 6 nitrogen and oxygen atoms in total. The van der Waals surface area contributed by atoms with E-state index in [2.05, 4.69) is 4.98 Å². The summed E-state index contributed by atoms with van der Waals surface area (Å²) < 4.78 is 30.9. The summed E-state index contributed by atoms with van der Waals surface area (Å²) in [6.07, 6.45) is 3.23. The predicted octanol–water partition coefficient (Wildman–Crippen LogP) is 1.36. The van der Waals surface area contributed by atoms with E-state index in [4.69, 9.17) is 4.42 Å². The van der Waals surface area contributed by atoms with Crippen molar-refractivity contribution in [2.24, 2.45) is 0 Å². The SMILES string of the molecule is CCc1ccc(C(=O)NS(=O)(=O)c2cccnc2)o1. The standard InChI is InChI=1S/C12H12N2O4S/c1-2-9-5-6-11(18-9)12(15)14-19(16,17)10-4-3-7-13-8-10/h3-8H,2H2,1H3,(H,14,15). The first-order valence-electron chi connectivity index (χ1n) is 5.59. The fourth-order valence-corrected chi connectivity index (χ4v) is 2.35. The van der Waals surface area contributed by atoms with Crippen LogP contribution in [0.15, 0.2) is 46.0 Å². The zero-order valence-electron chi connectivity index (χ0n) is 10.2. The van der Waals surface area contributed by atoms with Gasteiger partial charge in [0.1, 0.15) is 10.7 Å². The van der Waals surface area contributed by atoms with E-state index < -0.39 is 15.9 Å². The van der Waals surface area contributed by atoms with Gasteiger partial charge >= 0.3 is 5.91 Å². The number of sulfonamides is 1. The van der Waals surface area contributed by atoms with E-state index in [-0.39, 0.29) is 10.7 Å². The molecule has 0 aliphatic carbocycles. The summed E-state index contributed by atoms with van der Waals surface area (Å²) in [5.41, 5.74) is 0. The zero-order chi connectivity index (χ0) is 13.9. The molecular formula is C12H12N2O4S. The molecule has 0 aliphatic heterocycles. The highest BCUT2D eigenvalue weighted by Crippen LogP contribution is 2.11. The number of furan rings is 1. The van der Waals surface area contributed by atoms with Crippen LogP contribution in [0.5, 0.6) is 0 Å². The molecule has 2 aromatic rings. The van der Waals surface area contributed by atoms with Crippen molar-refractivity contribution in [2.75, 3.05) is 0 Å². The number of carbonyl (C=O) groups excluding carboxylic acids is 1. The fraction of sp³-hybridized carbons (Fsp3) is 0.167.